The number of aromatic hydroxyl groups is 1. The van der Waals surface area contributed by atoms with Gasteiger partial charge in [-0.25, -0.2) is 4.98 Å². The van der Waals surface area contributed by atoms with Gasteiger partial charge in [-0.1, -0.05) is 0 Å². The molecule has 0 spiro atoms. The van der Waals surface area contributed by atoms with Crippen LogP contribution in [0.1, 0.15) is 5.56 Å². The number of rotatable bonds is 2. The summed E-state index contributed by atoms with van der Waals surface area (Å²) in [7, 11) is 1.47. The molecule has 1 N–H and O–H groups in total. The molecule has 2 heterocycles. The molecule has 5 nitrogen and oxygen atoms in total. The second-order valence-electron chi connectivity index (χ2n) is 4.63. The molecule has 0 radical (unpaired) electrons. The lowest BCUT2D eigenvalue weighted by molar-refractivity contribution is 0.374. The maximum Gasteiger partial charge on any atom is 0.215 e. The van der Waals surface area contributed by atoms with Crippen molar-refractivity contribution in [2.75, 3.05) is 7.11 Å². The standard InChI is InChI=1S/C15H12FN3O2/c1-8-3-9(6-17-15(8)16)11-7-18-19-12-5-13(20)14(21-2)4-10(11)12/h3-7,20H,1-2H3. The zero-order valence-electron chi connectivity index (χ0n) is 11.5. The predicted molar refractivity (Wildman–Crippen MR) is 75.7 cm³/mol. The van der Waals surface area contributed by atoms with Crippen molar-refractivity contribution in [1.82, 2.24) is 15.2 Å². The summed E-state index contributed by atoms with van der Waals surface area (Å²) in [6, 6.07) is 4.85. The Morgan fingerprint density at radius 3 is 2.71 bits per heavy atom. The lowest BCUT2D eigenvalue weighted by Gasteiger charge is -2.09. The minimum atomic E-state index is -0.500. The highest BCUT2D eigenvalue weighted by atomic mass is 19.1. The lowest BCUT2D eigenvalue weighted by Crippen LogP contribution is -1.93. The van der Waals surface area contributed by atoms with E-state index in [0.717, 1.165) is 16.5 Å². The number of pyridine rings is 1. The van der Waals surface area contributed by atoms with Gasteiger partial charge in [0.15, 0.2) is 11.5 Å². The van der Waals surface area contributed by atoms with Crippen LogP contribution >= 0.6 is 0 Å². The first-order chi connectivity index (χ1) is 10.1. The average molecular weight is 285 g/mol. The fraction of sp³-hybridized carbons (Fsp3) is 0.133. The summed E-state index contributed by atoms with van der Waals surface area (Å²) in [5.74, 6) is -0.172. The molecular weight excluding hydrogens is 273 g/mol. The van der Waals surface area contributed by atoms with E-state index in [9.17, 15) is 9.50 Å². The Morgan fingerprint density at radius 2 is 2.00 bits per heavy atom. The summed E-state index contributed by atoms with van der Waals surface area (Å²) >= 11 is 0. The first-order valence-electron chi connectivity index (χ1n) is 6.25. The minimum Gasteiger partial charge on any atom is -0.504 e. The van der Waals surface area contributed by atoms with Gasteiger partial charge in [-0.15, -0.1) is 0 Å². The molecule has 0 bridgehead atoms. The third-order valence-corrected chi connectivity index (χ3v) is 3.27. The van der Waals surface area contributed by atoms with E-state index in [1.807, 2.05) is 0 Å². The molecular formula is C15H12FN3O2. The molecule has 0 unspecified atom stereocenters. The molecule has 1 aromatic carbocycles. The molecule has 21 heavy (non-hydrogen) atoms. The highest BCUT2D eigenvalue weighted by Crippen LogP contribution is 2.35. The molecule has 0 aliphatic rings. The summed E-state index contributed by atoms with van der Waals surface area (Å²) in [6.45, 7) is 1.65. The van der Waals surface area contributed by atoms with Gasteiger partial charge in [0.05, 0.1) is 18.8 Å². The number of halogens is 1. The van der Waals surface area contributed by atoms with E-state index >= 15 is 0 Å². The Kier molecular flexibility index (Phi) is 3.13. The van der Waals surface area contributed by atoms with Gasteiger partial charge in [0.25, 0.3) is 0 Å². The molecule has 0 aliphatic carbocycles. The second-order valence-corrected chi connectivity index (χ2v) is 4.63. The summed E-state index contributed by atoms with van der Waals surface area (Å²) in [6.07, 6.45) is 3.02. The third-order valence-electron chi connectivity index (χ3n) is 3.27. The van der Waals surface area contributed by atoms with Gasteiger partial charge in [0, 0.05) is 34.3 Å². The lowest BCUT2D eigenvalue weighted by atomic mass is 10.0. The van der Waals surface area contributed by atoms with Crippen molar-refractivity contribution in [3.05, 3.63) is 42.1 Å². The van der Waals surface area contributed by atoms with Crippen molar-refractivity contribution in [1.29, 1.82) is 0 Å². The molecule has 0 atom stereocenters. The van der Waals surface area contributed by atoms with Gasteiger partial charge in [-0.2, -0.15) is 14.6 Å². The molecule has 3 aromatic rings. The monoisotopic (exact) mass is 285 g/mol. The largest absolute Gasteiger partial charge is 0.504 e. The molecule has 3 rings (SSSR count). The smallest absolute Gasteiger partial charge is 0.215 e. The average Bonchev–Trinajstić information content (AvgIpc) is 2.48. The Hall–Kier alpha value is -2.76. The molecule has 0 saturated carbocycles. The Labute approximate surface area is 120 Å². The van der Waals surface area contributed by atoms with E-state index in [1.54, 1.807) is 25.3 Å². The van der Waals surface area contributed by atoms with Crippen molar-refractivity contribution in [3.63, 3.8) is 0 Å². The van der Waals surface area contributed by atoms with E-state index in [2.05, 4.69) is 15.2 Å². The molecule has 0 aliphatic heterocycles. The topological polar surface area (TPSA) is 68.1 Å². The number of methoxy groups -OCH3 is 1. The van der Waals surface area contributed by atoms with Crippen LogP contribution in [0, 0.1) is 12.9 Å². The van der Waals surface area contributed by atoms with Gasteiger partial charge >= 0.3 is 0 Å². The summed E-state index contributed by atoms with van der Waals surface area (Å²) in [4.78, 5) is 3.73. The number of phenolic OH excluding ortho intramolecular Hbond substituents is 1. The number of hydrogen-bond acceptors (Lipinski definition) is 5. The van der Waals surface area contributed by atoms with E-state index in [-0.39, 0.29) is 5.75 Å². The van der Waals surface area contributed by atoms with Crippen LogP contribution < -0.4 is 4.74 Å². The van der Waals surface area contributed by atoms with Crippen LogP contribution in [0.15, 0.2) is 30.6 Å². The number of phenols is 1. The third kappa shape index (κ3) is 2.24. The number of aryl methyl sites for hydroxylation is 1. The number of ether oxygens (including phenoxy) is 1. The van der Waals surface area contributed by atoms with Crippen molar-refractivity contribution in [2.45, 2.75) is 6.92 Å². The highest BCUT2D eigenvalue weighted by molar-refractivity contribution is 5.95. The Bertz CT molecular complexity index is 837. The number of nitrogens with zero attached hydrogens (tertiary/aromatic N) is 3. The van der Waals surface area contributed by atoms with Crippen LogP contribution in [-0.2, 0) is 0 Å². The number of hydrogen-bond donors (Lipinski definition) is 1. The van der Waals surface area contributed by atoms with E-state index < -0.39 is 5.95 Å². The first-order valence-corrected chi connectivity index (χ1v) is 6.25. The van der Waals surface area contributed by atoms with Crippen molar-refractivity contribution in [2.24, 2.45) is 0 Å². The van der Waals surface area contributed by atoms with Gasteiger partial charge in [0.2, 0.25) is 5.95 Å². The van der Waals surface area contributed by atoms with E-state index in [4.69, 9.17) is 4.74 Å². The van der Waals surface area contributed by atoms with Gasteiger partial charge < -0.3 is 9.84 Å². The maximum absolute atomic E-state index is 13.3. The minimum absolute atomic E-state index is 0.00939. The molecule has 106 valence electrons. The van der Waals surface area contributed by atoms with Crippen molar-refractivity contribution >= 4 is 10.9 Å². The molecule has 0 saturated heterocycles. The van der Waals surface area contributed by atoms with Gasteiger partial charge in [-0.05, 0) is 19.1 Å². The second kappa shape index (κ2) is 4.97. The summed E-state index contributed by atoms with van der Waals surface area (Å²) in [5, 5.41) is 18.4. The van der Waals surface area contributed by atoms with Crippen LogP contribution in [0.5, 0.6) is 11.5 Å². The highest BCUT2D eigenvalue weighted by Gasteiger charge is 2.12. The van der Waals surface area contributed by atoms with Crippen molar-refractivity contribution < 1.29 is 14.2 Å². The van der Waals surface area contributed by atoms with Gasteiger partial charge in [-0.3, -0.25) is 0 Å². The first kappa shape index (κ1) is 13.2. The quantitative estimate of drug-likeness (QED) is 0.733. The number of aromatic nitrogens is 3. The van der Waals surface area contributed by atoms with Gasteiger partial charge in [0.1, 0.15) is 0 Å². The molecule has 2 aromatic heterocycles. The number of benzene rings is 1. The maximum atomic E-state index is 13.3. The predicted octanol–water partition coefficient (Wildman–Crippen LogP) is 2.85. The van der Waals surface area contributed by atoms with Crippen LogP contribution in [0.2, 0.25) is 0 Å². The van der Waals surface area contributed by atoms with Crippen LogP contribution in [0.4, 0.5) is 4.39 Å². The SMILES string of the molecule is COc1cc2c(-c3cnc(F)c(C)c3)cnnc2cc1O. The van der Waals surface area contributed by atoms with Crippen molar-refractivity contribution in [3.8, 4) is 22.6 Å². The normalized spacial score (nSPS) is 10.8. The van der Waals surface area contributed by atoms with Crippen LogP contribution in [0.3, 0.4) is 0 Å². The molecule has 0 amide bonds. The fourth-order valence-corrected chi connectivity index (χ4v) is 2.17. The summed E-state index contributed by atoms with van der Waals surface area (Å²) < 4.78 is 18.4. The zero-order valence-corrected chi connectivity index (χ0v) is 11.5. The summed E-state index contributed by atoms with van der Waals surface area (Å²) in [5.41, 5.74) is 2.44. The Balaban J connectivity index is 2.29. The number of fused-ring (bicyclic) bond motifs is 1. The fourth-order valence-electron chi connectivity index (χ4n) is 2.17. The van der Waals surface area contributed by atoms with Crippen LogP contribution in [0.25, 0.3) is 22.0 Å². The van der Waals surface area contributed by atoms with Crippen LogP contribution in [-0.4, -0.2) is 27.4 Å². The Morgan fingerprint density at radius 1 is 1.19 bits per heavy atom. The van der Waals surface area contributed by atoms with E-state index in [1.165, 1.54) is 19.4 Å². The molecule has 6 heteroatoms. The van der Waals surface area contributed by atoms with E-state index in [0.29, 0.717) is 16.8 Å². The zero-order chi connectivity index (χ0) is 15.0. The molecule has 0 fully saturated rings.